The van der Waals surface area contributed by atoms with Gasteiger partial charge < -0.3 is 14.7 Å². The van der Waals surface area contributed by atoms with Gasteiger partial charge in [0.25, 0.3) is 0 Å². The Bertz CT molecular complexity index is 359. The lowest BCUT2D eigenvalue weighted by molar-refractivity contribution is -0.0108. The summed E-state index contributed by atoms with van der Waals surface area (Å²) >= 11 is 0. The van der Waals surface area contributed by atoms with Crippen LogP contribution in [0, 0.1) is 6.92 Å². The number of ether oxygens (including phenoxy) is 1. The molecule has 1 aliphatic rings. The SMILES string of the molecule is Cc1ccnc(N2CC(CO)OCC2C)n1. The number of aromatic nitrogens is 2. The fraction of sp³-hybridized carbons (Fsp3) is 0.636. The van der Waals surface area contributed by atoms with Crippen LogP contribution in [0.4, 0.5) is 5.95 Å². The molecule has 5 nitrogen and oxygen atoms in total. The minimum atomic E-state index is -0.139. The van der Waals surface area contributed by atoms with E-state index in [2.05, 4.69) is 21.8 Å². The van der Waals surface area contributed by atoms with Crippen molar-refractivity contribution < 1.29 is 9.84 Å². The zero-order chi connectivity index (χ0) is 11.5. The van der Waals surface area contributed by atoms with Crippen molar-refractivity contribution in [2.45, 2.75) is 26.0 Å². The molecule has 0 saturated carbocycles. The molecular formula is C11H17N3O2. The van der Waals surface area contributed by atoms with Gasteiger partial charge in [-0.15, -0.1) is 0 Å². The predicted octanol–water partition coefficient (Wildman–Crippen LogP) is 0.371. The summed E-state index contributed by atoms with van der Waals surface area (Å²) in [5.74, 6) is 0.717. The molecule has 2 rings (SSSR count). The molecule has 1 fully saturated rings. The van der Waals surface area contributed by atoms with Gasteiger partial charge in [0.1, 0.15) is 0 Å². The van der Waals surface area contributed by atoms with E-state index in [1.807, 2.05) is 13.0 Å². The molecule has 0 spiro atoms. The van der Waals surface area contributed by atoms with Crippen molar-refractivity contribution in [3.8, 4) is 0 Å². The van der Waals surface area contributed by atoms with Gasteiger partial charge in [-0.2, -0.15) is 0 Å². The highest BCUT2D eigenvalue weighted by molar-refractivity contribution is 5.32. The molecule has 1 aromatic rings. The van der Waals surface area contributed by atoms with Crippen LogP contribution in [-0.4, -0.2) is 47.0 Å². The molecule has 88 valence electrons. The Kier molecular flexibility index (Phi) is 3.36. The molecule has 0 bridgehead atoms. The summed E-state index contributed by atoms with van der Waals surface area (Å²) in [5, 5.41) is 9.10. The van der Waals surface area contributed by atoms with Gasteiger partial charge >= 0.3 is 0 Å². The van der Waals surface area contributed by atoms with Gasteiger partial charge in [0.15, 0.2) is 0 Å². The maximum Gasteiger partial charge on any atom is 0.225 e. The lowest BCUT2D eigenvalue weighted by Gasteiger charge is -2.37. The third-order valence-corrected chi connectivity index (χ3v) is 2.75. The molecule has 1 saturated heterocycles. The van der Waals surface area contributed by atoms with Crippen molar-refractivity contribution in [2.75, 3.05) is 24.7 Å². The first-order valence-corrected chi connectivity index (χ1v) is 5.49. The molecule has 0 amide bonds. The van der Waals surface area contributed by atoms with Gasteiger partial charge in [-0.1, -0.05) is 0 Å². The Morgan fingerprint density at radius 1 is 1.62 bits per heavy atom. The number of hydrogen-bond donors (Lipinski definition) is 1. The minimum absolute atomic E-state index is 0.0367. The predicted molar refractivity (Wildman–Crippen MR) is 60.4 cm³/mol. The summed E-state index contributed by atoms with van der Waals surface area (Å²) in [6.07, 6.45) is 1.62. The van der Waals surface area contributed by atoms with Crippen molar-refractivity contribution in [1.29, 1.82) is 0 Å². The molecule has 0 radical (unpaired) electrons. The second kappa shape index (κ2) is 4.76. The van der Waals surface area contributed by atoms with E-state index in [4.69, 9.17) is 9.84 Å². The number of nitrogens with zero attached hydrogens (tertiary/aromatic N) is 3. The van der Waals surface area contributed by atoms with Crippen LogP contribution < -0.4 is 4.90 Å². The van der Waals surface area contributed by atoms with E-state index < -0.39 is 0 Å². The lowest BCUT2D eigenvalue weighted by atomic mass is 10.2. The quantitative estimate of drug-likeness (QED) is 0.785. The maximum absolute atomic E-state index is 9.10. The van der Waals surface area contributed by atoms with Crippen molar-refractivity contribution >= 4 is 5.95 Å². The zero-order valence-electron chi connectivity index (χ0n) is 9.63. The Morgan fingerprint density at radius 2 is 2.44 bits per heavy atom. The van der Waals surface area contributed by atoms with Crippen LogP contribution in [0.2, 0.25) is 0 Å². The van der Waals surface area contributed by atoms with Crippen molar-refractivity contribution in [1.82, 2.24) is 9.97 Å². The van der Waals surface area contributed by atoms with Crippen LogP contribution in [-0.2, 0) is 4.74 Å². The number of rotatable bonds is 2. The summed E-state index contributed by atoms with van der Waals surface area (Å²) in [7, 11) is 0. The Labute approximate surface area is 95.1 Å². The third kappa shape index (κ3) is 2.31. The first-order valence-electron chi connectivity index (χ1n) is 5.49. The smallest absolute Gasteiger partial charge is 0.225 e. The fourth-order valence-corrected chi connectivity index (χ4v) is 1.78. The average molecular weight is 223 g/mol. The normalized spacial score (nSPS) is 25.8. The van der Waals surface area contributed by atoms with Crippen LogP contribution in [0.1, 0.15) is 12.6 Å². The highest BCUT2D eigenvalue weighted by atomic mass is 16.5. The van der Waals surface area contributed by atoms with Crippen LogP contribution >= 0.6 is 0 Å². The second-order valence-electron chi connectivity index (χ2n) is 4.14. The molecular weight excluding hydrogens is 206 g/mol. The molecule has 5 heteroatoms. The van der Waals surface area contributed by atoms with E-state index in [0.29, 0.717) is 19.1 Å². The standard InChI is InChI=1S/C11H17N3O2/c1-8-3-4-12-11(13-8)14-5-10(6-15)16-7-9(14)2/h3-4,9-10,15H,5-7H2,1-2H3. The molecule has 0 aromatic carbocycles. The summed E-state index contributed by atoms with van der Waals surface area (Å²) in [5.41, 5.74) is 0.948. The van der Waals surface area contributed by atoms with Crippen LogP contribution in [0.3, 0.4) is 0 Å². The third-order valence-electron chi connectivity index (χ3n) is 2.75. The molecule has 2 heterocycles. The summed E-state index contributed by atoms with van der Waals surface area (Å²) in [6.45, 7) is 5.29. The summed E-state index contributed by atoms with van der Waals surface area (Å²) in [6, 6.07) is 2.11. The maximum atomic E-state index is 9.10. The summed E-state index contributed by atoms with van der Waals surface area (Å²) < 4.78 is 5.47. The topological polar surface area (TPSA) is 58.5 Å². The fourth-order valence-electron chi connectivity index (χ4n) is 1.78. The van der Waals surface area contributed by atoms with E-state index in [-0.39, 0.29) is 18.8 Å². The Balaban J connectivity index is 2.17. The second-order valence-corrected chi connectivity index (χ2v) is 4.14. The molecule has 1 N–H and O–H groups in total. The number of aliphatic hydroxyl groups is 1. The molecule has 2 atom stereocenters. The molecule has 1 aliphatic heterocycles. The highest BCUT2D eigenvalue weighted by Gasteiger charge is 2.27. The lowest BCUT2D eigenvalue weighted by Crippen LogP contribution is -2.50. The van der Waals surface area contributed by atoms with E-state index in [9.17, 15) is 0 Å². The van der Waals surface area contributed by atoms with E-state index >= 15 is 0 Å². The van der Waals surface area contributed by atoms with Gasteiger partial charge in [-0.05, 0) is 19.9 Å². The van der Waals surface area contributed by atoms with E-state index in [0.717, 1.165) is 5.69 Å². The first kappa shape index (κ1) is 11.3. The van der Waals surface area contributed by atoms with Gasteiger partial charge in [0, 0.05) is 18.4 Å². The number of hydrogen-bond acceptors (Lipinski definition) is 5. The Morgan fingerprint density at radius 3 is 3.12 bits per heavy atom. The van der Waals surface area contributed by atoms with Gasteiger partial charge in [0.05, 0.1) is 25.4 Å². The molecule has 16 heavy (non-hydrogen) atoms. The molecule has 0 aliphatic carbocycles. The minimum Gasteiger partial charge on any atom is -0.394 e. The number of anilines is 1. The van der Waals surface area contributed by atoms with Crippen molar-refractivity contribution in [2.24, 2.45) is 0 Å². The molecule has 1 aromatic heterocycles. The van der Waals surface area contributed by atoms with Crippen LogP contribution in [0.5, 0.6) is 0 Å². The van der Waals surface area contributed by atoms with Crippen LogP contribution in [0.25, 0.3) is 0 Å². The van der Waals surface area contributed by atoms with Crippen LogP contribution in [0.15, 0.2) is 12.3 Å². The van der Waals surface area contributed by atoms with Crippen molar-refractivity contribution in [3.63, 3.8) is 0 Å². The average Bonchev–Trinajstić information content (AvgIpc) is 2.30. The Hall–Kier alpha value is -1.20. The molecule has 2 unspecified atom stereocenters. The highest BCUT2D eigenvalue weighted by Crippen LogP contribution is 2.17. The van der Waals surface area contributed by atoms with E-state index in [1.54, 1.807) is 6.20 Å². The number of aryl methyl sites for hydroxylation is 1. The monoisotopic (exact) mass is 223 g/mol. The summed E-state index contributed by atoms with van der Waals surface area (Å²) in [4.78, 5) is 10.7. The first-order chi connectivity index (χ1) is 7.70. The van der Waals surface area contributed by atoms with Gasteiger partial charge in [-0.3, -0.25) is 0 Å². The van der Waals surface area contributed by atoms with E-state index in [1.165, 1.54) is 0 Å². The zero-order valence-corrected chi connectivity index (χ0v) is 9.63. The van der Waals surface area contributed by atoms with Gasteiger partial charge in [0.2, 0.25) is 5.95 Å². The number of aliphatic hydroxyl groups excluding tert-OH is 1. The van der Waals surface area contributed by atoms with Gasteiger partial charge in [-0.25, -0.2) is 9.97 Å². The number of morpholine rings is 1. The van der Waals surface area contributed by atoms with Crippen molar-refractivity contribution in [3.05, 3.63) is 18.0 Å². The largest absolute Gasteiger partial charge is 0.394 e.